The maximum Gasteiger partial charge on any atom is 0.233 e. The van der Waals surface area contributed by atoms with E-state index in [9.17, 15) is 9.59 Å². The van der Waals surface area contributed by atoms with Crippen molar-refractivity contribution in [2.45, 2.75) is 40.5 Å². The van der Waals surface area contributed by atoms with Crippen LogP contribution in [0.25, 0.3) is 0 Å². The van der Waals surface area contributed by atoms with Crippen molar-refractivity contribution in [3.05, 3.63) is 0 Å². The molecule has 2 atom stereocenters. The average Bonchev–Trinajstić information content (AvgIpc) is 2.82. The highest BCUT2D eigenvalue weighted by atomic mass is 32.1. The number of amides is 2. The SMILES string of the molecule is CCC(CC)(CS)CN1C(=O)C2C(C1=O)C2(C)C. The Morgan fingerprint density at radius 2 is 1.61 bits per heavy atom. The van der Waals surface area contributed by atoms with Crippen LogP contribution in [-0.2, 0) is 9.59 Å². The van der Waals surface area contributed by atoms with E-state index in [2.05, 4.69) is 26.5 Å². The largest absolute Gasteiger partial charge is 0.281 e. The number of thiol groups is 1. The van der Waals surface area contributed by atoms with Gasteiger partial charge in [0.1, 0.15) is 0 Å². The Labute approximate surface area is 115 Å². The van der Waals surface area contributed by atoms with Crippen LogP contribution in [-0.4, -0.2) is 29.0 Å². The molecule has 0 spiro atoms. The highest BCUT2D eigenvalue weighted by Crippen LogP contribution is 2.63. The van der Waals surface area contributed by atoms with Gasteiger partial charge in [-0.2, -0.15) is 12.6 Å². The molecule has 2 amide bonds. The number of fused-ring (bicyclic) bond motifs is 1. The summed E-state index contributed by atoms with van der Waals surface area (Å²) in [6.07, 6.45) is 1.89. The van der Waals surface area contributed by atoms with Gasteiger partial charge >= 0.3 is 0 Å². The van der Waals surface area contributed by atoms with Crippen LogP contribution in [0, 0.1) is 22.7 Å². The minimum absolute atomic E-state index is 0.0185. The van der Waals surface area contributed by atoms with E-state index in [1.54, 1.807) is 0 Å². The quantitative estimate of drug-likeness (QED) is 0.614. The third-order valence-corrected chi connectivity index (χ3v) is 5.89. The first kappa shape index (κ1) is 13.9. The Kier molecular flexibility index (Phi) is 3.29. The van der Waals surface area contributed by atoms with Crippen molar-refractivity contribution in [1.82, 2.24) is 4.90 Å². The molecule has 0 aromatic heterocycles. The lowest BCUT2D eigenvalue weighted by atomic mass is 9.83. The van der Waals surface area contributed by atoms with Gasteiger partial charge < -0.3 is 0 Å². The molecule has 0 radical (unpaired) electrons. The summed E-state index contributed by atoms with van der Waals surface area (Å²) in [6, 6.07) is 0. The van der Waals surface area contributed by atoms with Crippen LogP contribution in [0.15, 0.2) is 0 Å². The summed E-state index contributed by atoms with van der Waals surface area (Å²) in [5, 5.41) is 0. The lowest BCUT2D eigenvalue weighted by Gasteiger charge is -2.34. The molecule has 1 saturated carbocycles. The van der Waals surface area contributed by atoms with Gasteiger partial charge in [-0.1, -0.05) is 27.7 Å². The first-order chi connectivity index (χ1) is 8.34. The Morgan fingerprint density at radius 1 is 1.17 bits per heavy atom. The molecular formula is C14H23NO2S. The number of imide groups is 1. The van der Waals surface area contributed by atoms with E-state index in [0.29, 0.717) is 6.54 Å². The van der Waals surface area contributed by atoms with Crippen LogP contribution >= 0.6 is 12.6 Å². The van der Waals surface area contributed by atoms with E-state index in [0.717, 1.165) is 18.6 Å². The minimum atomic E-state index is -0.104. The zero-order chi connectivity index (χ0) is 13.7. The summed E-state index contributed by atoms with van der Waals surface area (Å²) in [6.45, 7) is 8.79. The van der Waals surface area contributed by atoms with Crippen molar-refractivity contribution in [1.29, 1.82) is 0 Å². The van der Waals surface area contributed by atoms with Gasteiger partial charge in [-0.15, -0.1) is 0 Å². The standard InChI is InChI=1S/C14H23NO2S/c1-5-14(6-2,8-18)7-15-11(16)9-10(12(15)17)13(9,3)4/h9-10,18H,5-8H2,1-4H3. The number of nitrogens with zero attached hydrogens (tertiary/aromatic N) is 1. The van der Waals surface area contributed by atoms with E-state index in [4.69, 9.17) is 0 Å². The summed E-state index contributed by atoms with van der Waals surface area (Å²) >= 11 is 4.41. The fourth-order valence-electron chi connectivity index (χ4n) is 3.24. The van der Waals surface area contributed by atoms with Crippen LogP contribution in [0.2, 0.25) is 0 Å². The Morgan fingerprint density at radius 3 is 1.94 bits per heavy atom. The van der Waals surface area contributed by atoms with Gasteiger partial charge in [0.15, 0.2) is 0 Å². The molecule has 2 aliphatic rings. The van der Waals surface area contributed by atoms with Crippen LogP contribution in [0.3, 0.4) is 0 Å². The highest BCUT2D eigenvalue weighted by Gasteiger charge is 2.72. The number of carbonyl (C=O) groups is 2. The number of carbonyl (C=O) groups excluding carboxylic acids is 2. The number of likely N-dealkylation sites (tertiary alicyclic amines) is 1. The summed E-state index contributed by atoms with van der Waals surface area (Å²) in [5.41, 5.74) is -0.123. The van der Waals surface area contributed by atoms with Gasteiger partial charge in [0, 0.05) is 6.54 Å². The van der Waals surface area contributed by atoms with Crippen molar-refractivity contribution in [2.75, 3.05) is 12.3 Å². The second-order valence-electron chi connectivity index (χ2n) is 6.40. The normalized spacial score (nSPS) is 29.7. The van der Waals surface area contributed by atoms with Crippen LogP contribution in [0.1, 0.15) is 40.5 Å². The molecule has 0 aromatic carbocycles. The zero-order valence-corrected chi connectivity index (χ0v) is 12.6. The molecular weight excluding hydrogens is 246 g/mol. The van der Waals surface area contributed by atoms with Crippen molar-refractivity contribution in [3.8, 4) is 0 Å². The number of piperidine rings is 1. The summed E-state index contributed by atoms with van der Waals surface area (Å²) in [4.78, 5) is 26.1. The highest BCUT2D eigenvalue weighted by molar-refractivity contribution is 7.80. The van der Waals surface area contributed by atoms with Crippen molar-refractivity contribution < 1.29 is 9.59 Å². The van der Waals surface area contributed by atoms with E-state index < -0.39 is 0 Å². The van der Waals surface area contributed by atoms with Gasteiger partial charge in [0.2, 0.25) is 11.8 Å². The average molecular weight is 269 g/mol. The molecule has 2 unspecified atom stereocenters. The van der Waals surface area contributed by atoms with E-state index >= 15 is 0 Å². The monoisotopic (exact) mass is 269 g/mol. The van der Waals surface area contributed by atoms with Crippen molar-refractivity contribution in [2.24, 2.45) is 22.7 Å². The Hall–Kier alpha value is -0.510. The van der Waals surface area contributed by atoms with Gasteiger partial charge in [-0.3, -0.25) is 14.5 Å². The molecule has 2 fully saturated rings. The van der Waals surface area contributed by atoms with Crippen molar-refractivity contribution >= 4 is 24.4 Å². The first-order valence-corrected chi connectivity index (χ1v) is 7.44. The third-order valence-electron chi connectivity index (χ3n) is 5.22. The molecule has 1 heterocycles. The molecule has 3 nitrogen and oxygen atoms in total. The van der Waals surface area contributed by atoms with E-state index in [1.807, 2.05) is 13.8 Å². The number of rotatable bonds is 5. The predicted octanol–water partition coefficient (Wildman–Crippen LogP) is 2.36. The molecule has 18 heavy (non-hydrogen) atoms. The van der Waals surface area contributed by atoms with Crippen LogP contribution in [0.5, 0.6) is 0 Å². The maximum absolute atomic E-state index is 12.3. The lowest BCUT2D eigenvalue weighted by molar-refractivity contribution is -0.144. The van der Waals surface area contributed by atoms with E-state index in [-0.39, 0.29) is 34.5 Å². The fourth-order valence-corrected chi connectivity index (χ4v) is 3.79. The maximum atomic E-state index is 12.3. The van der Waals surface area contributed by atoms with E-state index in [1.165, 1.54) is 4.90 Å². The predicted molar refractivity (Wildman–Crippen MR) is 74.3 cm³/mol. The molecule has 102 valence electrons. The smallest absolute Gasteiger partial charge is 0.233 e. The molecule has 0 bridgehead atoms. The number of hydrogen-bond donors (Lipinski definition) is 1. The minimum Gasteiger partial charge on any atom is -0.281 e. The van der Waals surface area contributed by atoms with Crippen LogP contribution in [0.4, 0.5) is 0 Å². The molecule has 2 rings (SSSR count). The van der Waals surface area contributed by atoms with Gasteiger partial charge in [-0.25, -0.2) is 0 Å². The number of hydrogen-bond acceptors (Lipinski definition) is 3. The summed E-state index contributed by atoms with van der Waals surface area (Å²) < 4.78 is 0. The Balaban J connectivity index is 2.14. The molecule has 0 aromatic rings. The second kappa shape index (κ2) is 4.26. The molecule has 4 heteroatoms. The molecule has 1 saturated heterocycles. The fraction of sp³-hybridized carbons (Fsp3) is 0.857. The van der Waals surface area contributed by atoms with Crippen LogP contribution < -0.4 is 0 Å². The molecule has 0 N–H and O–H groups in total. The topological polar surface area (TPSA) is 37.4 Å². The summed E-state index contributed by atoms with van der Waals surface area (Å²) in [5.74, 6) is 0.689. The molecule has 1 aliphatic heterocycles. The summed E-state index contributed by atoms with van der Waals surface area (Å²) in [7, 11) is 0. The van der Waals surface area contributed by atoms with Gasteiger partial charge in [0.25, 0.3) is 0 Å². The Bertz CT molecular complexity index is 355. The van der Waals surface area contributed by atoms with Gasteiger partial charge in [-0.05, 0) is 29.4 Å². The lowest BCUT2D eigenvalue weighted by Crippen LogP contribution is -2.44. The second-order valence-corrected chi connectivity index (χ2v) is 6.72. The zero-order valence-electron chi connectivity index (χ0n) is 11.7. The molecule has 1 aliphatic carbocycles. The third kappa shape index (κ3) is 1.72. The van der Waals surface area contributed by atoms with Crippen molar-refractivity contribution in [3.63, 3.8) is 0 Å². The van der Waals surface area contributed by atoms with Gasteiger partial charge in [0.05, 0.1) is 11.8 Å². The first-order valence-electron chi connectivity index (χ1n) is 6.80.